The zero-order valence-electron chi connectivity index (χ0n) is 8.70. The number of piperidine rings is 1. The van der Waals surface area contributed by atoms with Crippen LogP contribution in [0.1, 0.15) is 23.2 Å². The van der Waals surface area contributed by atoms with Crippen LogP contribution in [-0.2, 0) is 0 Å². The Bertz CT molecular complexity index is 397. The van der Waals surface area contributed by atoms with Crippen LogP contribution < -0.4 is 0 Å². The van der Waals surface area contributed by atoms with Gasteiger partial charge in [0.2, 0.25) is 0 Å². The van der Waals surface area contributed by atoms with Gasteiger partial charge in [0.15, 0.2) is 5.82 Å². The topological polar surface area (TPSA) is 33.2 Å². The quantitative estimate of drug-likeness (QED) is 0.731. The minimum absolute atomic E-state index is 0.0379. The largest absolute Gasteiger partial charge is 0.336 e. The van der Waals surface area contributed by atoms with E-state index in [1.807, 2.05) is 0 Å². The average Bonchev–Trinajstić information content (AvgIpc) is 2.29. The fourth-order valence-electron chi connectivity index (χ4n) is 1.83. The van der Waals surface area contributed by atoms with Gasteiger partial charge in [0, 0.05) is 12.7 Å². The van der Waals surface area contributed by atoms with E-state index >= 15 is 0 Å². The molecule has 0 aromatic carbocycles. The third-order valence-corrected chi connectivity index (χ3v) is 2.65. The molecule has 0 N–H and O–H groups in total. The van der Waals surface area contributed by atoms with Gasteiger partial charge in [-0.3, -0.25) is 9.78 Å². The summed E-state index contributed by atoms with van der Waals surface area (Å²) in [7, 11) is 0. The first-order valence-electron chi connectivity index (χ1n) is 5.21. The molecule has 0 spiro atoms. The van der Waals surface area contributed by atoms with E-state index in [0.717, 1.165) is 6.20 Å². The summed E-state index contributed by atoms with van der Waals surface area (Å²) in [5, 5.41) is 0. The number of likely N-dealkylation sites (tertiary alicyclic amines) is 1. The van der Waals surface area contributed by atoms with E-state index in [9.17, 15) is 13.6 Å². The van der Waals surface area contributed by atoms with Crippen molar-refractivity contribution in [2.45, 2.75) is 19.0 Å². The van der Waals surface area contributed by atoms with Crippen molar-refractivity contribution < 1.29 is 13.6 Å². The molecule has 2 heterocycles. The molecule has 0 bridgehead atoms. The number of amides is 1. The molecule has 86 valence electrons. The SMILES string of the molecule is O=C(c1ccncc1F)N1CCCC(F)C1. The van der Waals surface area contributed by atoms with Crippen molar-refractivity contribution in [2.75, 3.05) is 13.1 Å². The van der Waals surface area contributed by atoms with E-state index in [0.29, 0.717) is 19.4 Å². The molecular formula is C11H12F2N2O. The highest BCUT2D eigenvalue weighted by Crippen LogP contribution is 2.16. The second-order valence-corrected chi connectivity index (χ2v) is 3.85. The minimum Gasteiger partial charge on any atom is -0.336 e. The molecular weight excluding hydrogens is 214 g/mol. The maximum absolute atomic E-state index is 13.3. The average molecular weight is 226 g/mol. The maximum Gasteiger partial charge on any atom is 0.257 e. The van der Waals surface area contributed by atoms with Crippen molar-refractivity contribution in [1.29, 1.82) is 0 Å². The van der Waals surface area contributed by atoms with E-state index in [4.69, 9.17) is 0 Å². The number of rotatable bonds is 1. The molecule has 2 rings (SSSR count). The van der Waals surface area contributed by atoms with Crippen LogP contribution in [0, 0.1) is 5.82 Å². The summed E-state index contributed by atoms with van der Waals surface area (Å²) in [5.41, 5.74) is -0.0379. The van der Waals surface area contributed by atoms with Crippen molar-refractivity contribution in [3.05, 3.63) is 29.8 Å². The van der Waals surface area contributed by atoms with Gasteiger partial charge in [-0.1, -0.05) is 0 Å². The second-order valence-electron chi connectivity index (χ2n) is 3.85. The lowest BCUT2D eigenvalue weighted by atomic mass is 10.1. The van der Waals surface area contributed by atoms with Gasteiger partial charge in [-0.25, -0.2) is 8.78 Å². The number of hydrogen-bond acceptors (Lipinski definition) is 2. The Morgan fingerprint density at radius 1 is 1.56 bits per heavy atom. The van der Waals surface area contributed by atoms with Crippen molar-refractivity contribution >= 4 is 5.91 Å². The summed E-state index contributed by atoms with van der Waals surface area (Å²) >= 11 is 0. The molecule has 3 nitrogen and oxygen atoms in total. The number of aromatic nitrogens is 1. The molecule has 1 saturated heterocycles. The Balaban J connectivity index is 2.16. The standard InChI is InChI=1S/C11H12F2N2O/c12-8-2-1-5-15(7-8)11(16)9-3-4-14-6-10(9)13/h3-4,6,8H,1-2,5,7H2. The molecule has 1 fully saturated rings. The maximum atomic E-state index is 13.3. The summed E-state index contributed by atoms with van der Waals surface area (Å²) in [6, 6.07) is 1.32. The molecule has 0 aliphatic carbocycles. The van der Waals surface area contributed by atoms with E-state index in [-0.39, 0.29) is 12.1 Å². The van der Waals surface area contributed by atoms with Crippen molar-refractivity contribution in [3.63, 3.8) is 0 Å². The molecule has 0 saturated carbocycles. The normalized spacial score (nSPS) is 20.9. The molecule has 1 aliphatic rings. The van der Waals surface area contributed by atoms with E-state index in [1.54, 1.807) is 0 Å². The van der Waals surface area contributed by atoms with Crippen LogP contribution in [0.2, 0.25) is 0 Å². The van der Waals surface area contributed by atoms with Crippen LogP contribution in [0.3, 0.4) is 0 Å². The van der Waals surface area contributed by atoms with Gasteiger partial charge in [-0.15, -0.1) is 0 Å². The third-order valence-electron chi connectivity index (χ3n) is 2.65. The van der Waals surface area contributed by atoms with Crippen LogP contribution in [0.4, 0.5) is 8.78 Å². The van der Waals surface area contributed by atoms with Crippen LogP contribution >= 0.6 is 0 Å². The van der Waals surface area contributed by atoms with Gasteiger partial charge >= 0.3 is 0 Å². The summed E-state index contributed by atoms with van der Waals surface area (Å²) in [6.07, 6.45) is 2.45. The predicted octanol–water partition coefficient (Wildman–Crippen LogP) is 1.79. The molecule has 1 amide bonds. The van der Waals surface area contributed by atoms with Gasteiger partial charge in [0.25, 0.3) is 5.91 Å². The zero-order valence-corrected chi connectivity index (χ0v) is 8.70. The first-order chi connectivity index (χ1) is 7.68. The van der Waals surface area contributed by atoms with Crippen LogP contribution in [0.25, 0.3) is 0 Å². The fraction of sp³-hybridized carbons (Fsp3) is 0.455. The Hall–Kier alpha value is -1.52. The first-order valence-corrected chi connectivity index (χ1v) is 5.21. The molecule has 0 radical (unpaired) electrons. The van der Waals surface area contributed by atoms with Crippen molar-refractivity contribution in [1.82, 2.24) is 9.88 Å². The predicted molar refractivity (Wildman–Crippen MR) is 54.2 cm³/mol. The summed E-state index contributed by atoms with van der Waals surface area (Å²) in [5.74, 6) is -1.12. The van der Waals surface area contributed by atoms with Gasteiger partial charge in [0.05, 0.1) is 18.3 Å². The van der Waals surface area contributed by atoms with Crippen molar-refractivity contribution in [2.24, 2.45) is 0 Å². The Labute approximate surface area is 92.1 Å². The molecule has 5 heteroatoms. The zero-order chi connectivity index (χ0) is 11.5. The van der Waals surface area contributed by atoms with Crippen molar-refractivity contribution in [3.8, 4) is 0 Å². The number of carbonyl (C=O) groups is 1. The minimum atomic E-state index is -0.998. The molecule has 16 heavy (non-hydrogen) atoms. The lowest BCUT2D eigenvalue weighted by Gasteiger charge is -2.29. The smallest absolute Gasteiger partial charge is 0.257 e. The van der Waals surface area contributed by atoms with E-state index < -0.39 is 17.9 Å². The second kappa shape index (κ2) is 4.55. The van der Waals surface area contributed by atoms with Gasteiger partial charge < -0.3 is 4.90 Å². The fourth-order valence-corrected chi connectivity index (χ4v) is 1.83. The molecule has 1 atom stereocenters. The van der Waals surface area contributed by atoms with Gasteiger partial charge in [0.1, 0.15) is 6.17 Å². The molecule has 1 unspecified atom stereocenters. The van der Waals surface area contributed by atoms with Crippen LogP contribution in [-0.4, -0.2) is 35.1 Å². The number of hydrogen-bond donors (Lipinski definition) is 0. The highest BCUT2D eigenvalue weighted by atomic mass is 19.1. The Kier molecular flexibility index (Phi) is 3.12. The first kappa shape index (κ1) is 11.0. The Morgan fingerprint density at radius 2 is 2.38 bits per heavy atom. The van der Waals surface area contributed by atoms with Gasteiger partial charge in [-0.05, 0) is 18.9 Å². The Morgan fingerprint density at radius 3 is 3.06 bits per heavy atom. The lowest BCUT2D eigenvalue weighted by molar-refractivity contribution is 0.0631. The van der Waals surface area contributed by atoms with Gasteiger partial charge in [-0.2, -0.15) is 0 Å². The number of pyridine rings is 1. The third kappa shape index (κ3) is 2.18. The molecule has 1 aromatic heterocycles. The monoisotopic (exact) mass is 226 g/mol. The van der Waals surface area contributed by atoms with E-state index in [2.05, 4.69) is 4.98 Å². The number of nitrogens with zero attached hydrogens (tertiary/aromatic N) is 2. The highest BCUT2D eigenvalue weighted by molar-refractivity contribution is 5.94. The van der Waals surface area contributed by atoms with Crippen LogP contribution in [0.15, 0.2) is 18.5 Å². The number of halogens is 2. The van der Waals surface area contributed by atoms with E-state index in [1.165, 1.54) is 17.2 Å². The number of carbonyl (C=O) groups excluding carboxylic acids is 1. The van der Waals surface area contributed by atoms with Crippen LogP contribution in [0.5, 0.6) is 0 Å². The lowest BCUT2D eigenvalue weighted by Crippen LogP contribution is -2.41. The molecule has 1 aromatic rings. The summed E-state index contributed by atoms with van der Waals surface area (Å²) in [6.45, 7) is 0.543. The summed E-state index contributed by atoms with van der Waals surface area (Å²) < 4.78 is 26.4. The number of alkyl halides is 1. The molecule has 1 aliphatic heterocycles. The highest BCUT2D eigenvalue weighted by Gasteiger charge is 2.25. The summed E-state index contributed by atoms with van der Waals surface area (Å²) in [4.78, 5) is 16.8.